The summed E-state index contributed by atoms with van der Waals surface area (Å²) in [6, 6.07) is -0.359. The molecule has 1 aliphatic heterocycles. The Morgan fingerprint density at radius 1 is 1.58 bits per heavy atom. The lowest BCUT2D eigenvalue weighted by Crippen LogP contribution is -2.49. The summed E-state index contributed by atoms with van der Waals surface area (Å²) in [6.07, 6.45) is 2.19. The van der Waals surface area contributed by atoms with Crippen molar-refractivity contribution >= 4 is 5.91 Å². The van der Waals surface area contributed by atoms with Crippen LogP contribution >= 0.6 is 0 Å². The largest absolute Gasteiger partial charge is 0.336 e. The van der Waals surface area contributed by atoms with Gasteiger partial charge in [0.1, 0.15) is 0 Å². The molecule has 12 heavy (non-hydrogen) atoms. The maximum absolute atomic E-state index is 11.6. The minimum atomic E-state index is -0.359. The topological polar surface area (TPSA) is 46.3 Å². The monoisotopic (exact) mass is 170 g/mol. The van der Waals surface area contributed by atoms with Gasteiger partial charge in [-0.1, -0.05) is 0 Å². The summed E-state index contributed by atoms with van der Waals surface area (Å²) >= 11 is 0. The van der Waals surface area contributed by atoms with Crippen LogP contribution < -0.4 is 5.73 Å². The maximum Gasteiger partial charge on any atom is 0.239 e. The van der Waals surface area contributed by atoms with Gasteiger partial charge in [0.15, 0.2) is 0 Å². The Morgan fingerprint density at radius 3 is 2.50 bits per heavy atom. The zero-order valence-corrected chi connectivity index (χ0v) is 8.13. The Hall–Kier alpha value is -0.570. The number of carbonyl (C=O) groups is 1. The molecule has 2 N–H and O–H groups in total. The van der Waals surface area contributed by atoms with E-state index in [2.05, 4.69) is 13.8 Å². The highest BCUT2D eigenvalue weighted by Crippen LogP contribution is 2.28. The Kier molecular flexibility index (Phi) is 2.42. The minimum absolute atomic E-state index is 0.0186. The van der Waals surface area contributed by atoms with E-state index in [0.29, 0.717) is 0 Å². The van der Waals surface area contributed by atoms with Gasteiger partial charge in [-0.3, -0.25) is 4.79 Å². The summed E-state index contributed by atoms with van der Waals surface area (Å²) in [5, 5.41) is 0. The molecule has 1 rings (SSSR count). The van der Waals surface area contributed by atoms with Crippen molar-refractivity contribution in [1.29, 1.82) is 0 Å². The van der Waals surface area contributed by atoms with Crippen molar-refractivity contribution in [3.8, 4) is 0 Å². The number of nitrogens with two attached hydrogens (primary N) is 1. The molecule has 1 fully saturated rings. The van der Waals surface area contributed by atoms with Gasteiger partial charge < -0.3 is 10.6 Å². The van der Waals surface area contributed by atoms with Crippen LogP contribution in [0.4, 0.5) is 0 Å². The van der Waals surface area contributed by atoms with Gasteiger partial charge >= 0.3 is 0 Å². The number of amides is 1. The first kappa shape index (κ1) is 9.52. The van der Waals surface area contributed by atoms with Crippen molar-refractivity contribution in [2.75, 3.05) is 6.54 Å². The number of rotatable bonds is 1. The quantitative estimate of drug-likeness (QED) is 0.630. The molecule has 0 aliphatic carbocycles. The number of likely N-dealkylation sites (tertiary alicyclic amines) is 1. The Morgan fingerprint density at radius 2 is 2.17 bits per heavy atom. The summed E-state index contributed by atoms with van der Waals surface area (Å²) in [4.78, 5) is 13.5. The molecule has 1 heterocycles. The van der Waals surface area contributed by atoms with Gasteiger partial charge in [0.2, 0.25) is 5.91 Å². The van der Waals surface area contributed by atoms with Gasteiger partial charge in [-0.15, -0.1) is 0 Å². The van der Waals surface area contributed by atoms with Gasteiger partial charge in [-0.2, -0.15) is 0 Å². The molecular formula is C9H18N2O. The number of hydrogen-bond acceptors (Lipinski definition) is 2. The first-order valence-electron chi connectivity index (χ1n) is 4.52. The van der Waals surface area contributed by atoms with Crippen LogP contribution in [0.15, 0.2) is 0 Å². The minimum Gasteiger partial charge on any atom is -0.336 e. The zero-order valence-electron chi connectivity index (χ0n) is 8.13. The fraction of sp³-hybridized carbons (Fsp3) is 0.889. The highest BCUT2D eigenvalue weighted by atomic mass is 16.2. The number of nitrogens with zero attached hydrogens (tertiary/aromatic N) is 1. The highest BCUT2D eigenvalue weighted by molar-refractivity contribution is 5.82. The summed E-state index contributed by atoms with van der Waals surface area (Å²) < 4.78 is 0. The SMILES string of the molecule is C[C@@H](N)C(=O)N1CCCC1(C)C. The summed E-state index contributed by atoms with van der Waals surface area (Å²) in [5.41, 5.74) is 5.56. The van der Waals surface area contributed by atoms with Crippen molar-refractivity contribution in [3.63, 3.8) is 0 Å². The van der Waals surface area contributed by atoms with E-state index < -0.39 is 0 Å². The van der Waals surface area contributed by atoms with Gasteiger partial charge in [-0.05, 0) is 33.6 Å². The van der Waals surface area contributed by atoms with Crippen molar-refractivity contribution in [2.24, 2.45) is 5.73 Å². The Labute approximate surface area is 73.9 Å². The van der Waals surface area contributed by atoms with E-state index in [4.69, 9.17) is 5.73 Å². The second kappa shape index (κ2) is 3.05. The lowest BCUT2D eigenvalue weighted by Gasteiger charge is -2.32. The first-order valence-corrected chi connectivity index (χ1v) is 4.52. The van der Waals surface area contributed by atoms with E-state index in [1.807, 2.05) is 4.90 Å². The van der Waals surface area contributed by atoms with Crippen LogP contribution in [0.2, 0.25) is 0 Å². The van der Waals surface area contributed by atoms with E-state index in [1.165, 1.54) is 0 Å². The fourth-order valence-corrected chi connectivity index (χ4v) is 1.76. The molecule has 70 valence electrons. The third kappa shape index (κ3) is 1.61. The predicted octanol–water partition coefficient (Wildman–Crippen LogP) is 0.735. The molecule has 0 saturated carbocycles. The second-order valence-electron chi connectivity index (χ2n) is 4.19. The van der Waals surface area contributed by atoms with Crippen molar-refractivity contribution in [3.05, 3.63) is 0 Å². The predicted molar refractivity (Wildman–Crippen MR) is 48.7 cm³/mol. The Bertz CT molecular complexity index is 187. The molecule has 3 heteroatoms. The van der Waals surface area contributed by atoms with E-state index in [-0.39, 0.29) is 17.5 Å². The fourth-order valence-electron chi connectivity index (χ4n) is 1.76. The third-order valence-electron chi connectivity index (χ3n) is 2.56. The molecule has 0 unspecified atom stereocenters. The smallest absolute Gasteiger partial charge is 0.239 e. The molecule has 0 bridgehead atoms. The first-order chi connectivity index (χ1) is 5.45. The summed E-state index contributed by atoms with van der Waals surface area (Å²) in [6.45, 7) is 6.81. The Balaban J connectivity index is 2.69. The average Bonchev–Trinajstić information content (AvgIpc) is 2.27. The highest BCUT2D eigenvalue weighted by Gasteiger charge is 2.36. The van der Waals surface area contributed by atoms with Crippen LogP contribution in [0.5, 0.6) is 0 Å². The lowest BCUT2D eigenvalue weighted by molar-refractivity contribution is -0.135. The van der Waals surface area contributed by atoms with E-state index in [9.17, 15) is 4.79 Å². The molecule has 0 aromatic heterocycles. The summed E-state index contributed by atoms with van der Waals surface area (Å²) in [7, 11) is 0. The summed E-state index contributed by atoms with van der Waals surface area (Å²) in [5.74, 6) is 0.0810. The molecular weight excluding hydrogens is 152 g/mol. The molecule has 0 aromatic carbocycles. The van der Waals surface area contributed by atoms with Crippen molar-refractivity contribution in [2.45, 2.75) is 45.2 Å². The standard InChI is InChI=1S/C9H18N2O/c1-7(10)8(12)11-6-4-5-9(11,2)3/h7H,4-6,10H2,1-3H3/t7-/m1/s1. The molecule has 1 saturated heterocycles. The van der Waals surface area contributed by atoms with Crippen molar-refractivity contribution < 1.29 is 4.79 Å². The molecule has 3 nitrogen and oxygen atoms in total. The van der Waals surface area contributed by atoms with E-state index in [0.717, 1.165) is 19.4 Å². The van der Waals surface area contributed by atoms with Gasteiger partial charge in [-0.25, -0.2) is 0 Å². The molecule has 1 amide bonds. The zero-order chi connectivity index (χ0) is 9.35. The van der Waals surface area contributed by atoms with Crippen LogP contribution in [-0.2, 0) is 4.79 Å². The lowest BCUT2D eigenvalue weighted by atomic mass is 10.0. The van der Waals surface area contributed by atoms with Crippen LogP contribution in [0.25, 0.3) is 0 Å². The van der Waals surface area contributed by atoms with Crippen LogP contribution in [0.3, 0.4) is 0 Å². The molecule has 1 atom stereocenters. The molecule has 1 aliphatic rings. The third-order valence-corrected chi connectivity index (χ3v) is 2.56. The van der Waals surface area contributed by atoms with Crippen LogP contribution in [0, 0.1) is 0 Å². The molecule has 0 radical (unpaired) electrons. The normalized spacial score (nSPS) is 24.2. The number of carbonyl (C=O) groups excluding carboxylic acids is 1. The van der Waals surface area contributed by atoms with Gasteiger partial charge in [0.05, 0.1) is 6.04 Å². The van der Waals surface area contributed by atoms with Crippen molar-refractivity contribution in [1.82, 2.24) is 4.90 Å². The van der Waals surface area contributed by atoms with Gasteiger partial charge in [0.25, 0.3) is 0 Å². The van der Waals surface area contributed by atoms with Gasteiger partial charge in [0, 0.05) is 12.1 Å². The molecule has 0 spiro atoms. The van der Waals surface area contributed by atoms with E-state index >= 15 is 0 Å². The molecule has 0 aromatic rings. The van der Waals surface area contributed by atoms with Crippen LogP contribution in [0.1, 0.15) is 33.6 Å². The van der Waals surface area contributed by atoms with Crippen LogP contribution in [-0.4, -0.2) is 28.9 Å². The average molecular weight is 170 g/mol. The number of hydrogen-bond donors (Lipinski definition) is 1. The second-order valence-corrected chi connectivity index (χ2v) is 4.19. The maximum atomic E-state index is 11.6. The van der Waals surface area contributed by atoms with E-state index in [1.54, 1.807) is 6.92 Å².